The summed E-state index contributed by atoms with van der Waals surface area (Å²) in [6, 6.07) is 5.45. The van der Waals surface area contributed by atoms with Crippen molar-refractivity contribution < 1.29 is 9.59 Å². The van der Waals surface area contributed by atoms with Crippen LogP contribution in [-0.2, 0) is 4.79 Å². The number of halogens is 2. The first kappa shape index (κ1) is 15.5. The number of rotatable bonds is 5. The Morgan fingerprint density at radius 1 is 1.25 bits per heavy atom. The molecule has 1 aromatic carbocycles. The van der Waals surface area contributed by atoms with E-state index in [1.54, 1.807) is 12.1 Å². The Morgan fingerprint density at radius 2 is 1.95 bits per heavy atom. The lowest BCUT2D eigenvalue weighted by atomic mass is 10.2. The van der Waals surface area contributed by atoms with E-state index in [0.717, 1.165) is 34.9 Å². The zero-order valence-electron chi connectivity index (χ0n) is 11.0. The SMILES string of the molecule is O=C(NCCCN1CCCC1=O)c1cc(Br)cc(Br)c1. The number of carbonyl (C=O) groups excluding carboxylic acids is 2. The maximum atomic E-state index is 12.0. The van der Waals surface area contributed by atoms with Gasteiger partial charge in [0.2, 0.25) is 5.91 Å². The van der Waals surface area contributed by atoms with Crippen molar-refractivity contribution >= 4 is 43.7 Å². The van der Waals surface area contributed by atoms with Crippen molar-refractivity contribution in [1.82, 2.24) is 10.2 Å². The monoisotopic (exact) mass is 402 g/mol. The molecule has 0 unspecified atom stereocenters. The number of carbonyl (C=O) groups is 2. The van der Waals surface area contributed by atoms with Crippen molar-refractivity contribution in [2.45, 2.75) is 19.3 Å². The van der Waals surface area contributed by atoms with Crippen molar-refractivity contribution in [2.24, 2.45) is 0 Å². The molecule has 108 valence electrons. The van der Waals surface area contributed by atoms with E-state index in [9.17, 15) is 9.59 Å². The molecule has 4 nitrogen and oxygen atoms in total. The van der Waals surface area contributed by atoms with Crippen LogP contribution in [0.4, 0.5) is 0 Å². The van der Waals surface area contributed by atoms with Crippen LogP contribution in [0, 0.1) is 0 Å². The average Bonchev–Trinajstić information content (AvgIpc) is 2.79. The van der Waals surface area contributed by atoms with Crippen molar-refractivity contribution in [3.63, 3.8) is 0 Å². The van der Waals surface area contributed by atoms with Crippen molar-refractivity contribution in [3.8, 4) is 0 Å². The van der Waals surface area contributed by atoms with E-state index < -0.39 is 0 Å². The largest absolute Gasteiger partial charge is 0.352 e. The van der Waals surface area contributed by atoms with E-state index in [0.29, 0.717) is 18.5 Å². The third-order valence-corrected chi connectivity index (χ3v) is 4.10. The number of hydrogen-bond acceptors (Lipinski definition) is 2. The molecule has 0 saturated carbocycles. The molecule has 1 aliphatic rings. The lowest BCUT2D eigenvalue weighted by Gasteiger charge is -2.15. The van der Waals surface area contributed by atoms with Gasteiger partial charge < -0.3 is 10.2 Å². The molecule has 2 amide bonds. The van der Waals surface area contributed by atoms with Gasteiger partial charge in [-0.3, -0.25) is 9.59 Å². The average molecular weight is 404 g/mol. The van der Waals surface area contributed by atoms with Crippen molar-refractivity contribution in [2.75, 3.05) is 19.6 Å². The molecular weight excluding hydrogens is 388 g/mol. The van der Waals surface area contributed by atoms with Gasteiger partial charge >= 0.3 is 0 Å². The van der Waals surface area contributed by atoms with E-state index in [2.05, 4.69) is 37.2 Å². The van der Waals surface area contributed by atoms with E-state index in [1.807, 2.05) is 11.0 Å². The lowest BCUT2D eigenvalue weighted by molar-refractivity contribution is -0.127. The van der Waals surface area contributed by atoms with Gasteiger partial charge in [-0.05, 0) is 31.0 Å². The Kier molecular flexibility index (Phi) is 5.60. The Bertz CT molecular complexity index is 500. The second-order valence-corrected chi connectivity index (χ2v) is 6.58. The van der Waals surface area contributed by atoms with Crippen molar-refractivity contribution in [1.29, 1.82) is 0 Å². The molecule has 6 heteroatoms. The summed E-state index contributed by atoms with van der Waals surface area (Å²) in [6.07, 6.45) is 2.41. The van der Waals surface area contributed by atoms with Crippen LogP contribution in [0.5, 0.6) is 0 Å². The second-order valence-electron chi connectivity index (χ2n) is 4.75. The van der Waals surface area contributed by atoms with E-state index in [4.69, 9.17) is 0 Å². The van der Waals surface area contributed by atoms with Gasteiger partial charge in [-0.15, -0.1) is 0 Å². The summed E-state index contributed by atoms with van der Waals surface area (Å²) in [6.45, 7) is 2.15. The molecule has 0 spiro atoms. The molecule has 0 aliphatic carbocycles. The molecule has 1 saturated heterocycles. The highest BCUT2D eigenvalue weighted by Gasteiger charge is 2.19. The third kappa shape index (κ3) is 4.31. The topological polar surface area (TPSA) is 49.4 Å². The fourth-order valence-corrected chi connectivity index (χ4v) is 3.49. The Morgan fingerprint density at radius 3 is 2.55 bits per heavy atom. The van der Waals surface area contributed by atoms with E-state index >= 15 is 0 Å². The summed E-state index contributed by atoms with van der Waals surface area (Å²) in [7, 11) is 0. The highest BCUT2D eigenvalue weighted by atomic mass is 79.9. The van der Waals surface area contributed by atoms with Gasteiger partial charge in [0.1, 0.15) is 0 Å². The summed E-state index contributed by atoms with van der Waals surface area (Å²) in [5.41, 5.74) is 0.614. The molecule has 1 N–H and O–H groups in total. The first-order valence-electron chi connectivity index (χ1n) is 6.58. The summed E-state index contributed by atoms with van der Waals surface area (Å²) in [4.78, 5) is 25.3. The van der Waals surface area contributed by atoms with Gasteiger partial charge in [-0.2, -0.15) is 0 Å². The van der Waals surface area contributed by atoms with Gasteiger partial charge in [0.05, 0.1) is 0 Å². The van der Waals surface area contributed by atoms with Crippen LogP contribution < -0.4 is 5.32 Å². The van der Waals surface area contributed by atoms with Crippen LogP contribution in [0.3, 0.4) is 0 Å². The molecule has 0 aromatic heterocycles. The van der Waals surface area contributed by atoms with Crippen LogP contribution in [-0.4, -0.2) is 36.3 Å². The minimum absolute atomic E-state index is 0.0975. The van der Waals surface area contributed by atoms with Crippen LogP contribution in [0.15, 0.2) is 27.1 Å². The third-order valence-electron chi connectivity index (χ3n) is 3.19. The molecular formula is C14H16Br2N2O2. The zero-order chi connectivity index (χ0) is 14.5. The first-order chi connectivity index (χ1) is 9.56. The number of amides is 2. The highest BCUT2D eigenvalue weighted by Crippen LogP contribution is 2.20. The van der Waals surface area contributed by atoms with Gasteiger partial charge in [0.25, 0.3) is 5.91 Å². The zero-order valence-corrected chi connectivity index (χ0v) is 14.2. The van der Waals surface area contributed by atoms with Crippen LogP contribution in [0.25, 0.3) is 0 Å². The van der Waals surface area contributed by atoms with Gasteiger partial charge in [-0.1, -0.05) is 31.9 Å². The lowest BCUT2D eigenvalue weighted by Crippen LogP contribution is -2.30. The van der Waals surface area contributed by atoms with Gasteiger partial charge in [-0.25, -0.2) is 0 Å². The maximum Gasteiger partial charge on any atom is 0.251 e. The molecule has 1 aliphatic heterocycles. The summed E-state index contributed by atoms with van der Waals surface area (Å²) >= 11 is 6.72. The summed E-state index contributed by atoms with van der Waals surface area (Å²) in [5, 5.41) is 2.87. The predicted octanol–water partition coefficient (Wildman–Crippen LogP) is 2.95. The fourth-order valence-electron chi connectivity index (χ4n) is 2.20. The Hall–Kier alpha value is -0.880. The standard InChI is InChI=1S/C14H16Br2N2O2/c15-11-7-10(8-12(16)9-11)14(20)17-4-2-6-18-5-1-3-13(18)19/h7-9H,1-6H2,(H,17,20). The van der Waals surface area contributed by atoms with E-state index in [-0.39, 0.29) is 11.8 Å². The highest BCUT2D eigenvalue weighted by molar-refractivity contribution is 9.11. The van der Waals surface area contributed by atoms with Crippen LogP contribution >= 0.6 is 31.9 Å². The van der Waals surface area contributed by atoms with Crippen molar-refractivity contribution in [3.05, 3.63) is 32.7 Å². The van der Waals surface area contributed by atoms with Gasteiger partial charge in [0.15, 0.2) is 0 Å². The molecule has 1 aromatic rings. The quantitative estimate of drug-likeness (QED) is 0.768. The minimum Gasteiger partial charge on any atom is -0.352 e. The first-order valence-corrected chi connectivity index (χ1v) is 8.17. The number of hydrogen-bond donors (Lipinski definition) is 1. The molecule has 0 bridgehead atoms. The molecule has 2 rings (SSSR count). The smallest absolute Gasteiger partial charge is 0.251 e. The molecule has 1 fully saturated rings. The fraction of sp³-hybridized carbons (Fsp3) is 0.429. The summed E-state index contributed by atoms with van der Waals surface area (Å²) < 4.78 is 1.72. The second kappa shape index (κ2) is 7.22. The Labute approximate surface area is 135 Å². The van der Waals surface area contributed by atoms with Crippen LogP contribution in [0.2, 0.25) is 0 Å². The maximum absolute atomic E-state index is 12.0. The molecule has 0 atom stereocenters. The van der Waals surface area contributed by atoms with Crippen LogP contribution in [0.1, 0.15) is 29.6 Å². The normalized spacial score (nSPS) is 14.7. The van der Waals surface area contributed by atoms with Gasteiger partial charge in [0, 0.05) is 40.6 Å². The van der Waals surface area contributed by atoms with E-state index in [1.165, 1.54) is 0 Å². The number of likely N-dealkylation sites (tertiary alicyclic amines) is 1. The molecule has 1 heterocycles. The number of benzene rings is 1. The predicted molar refractivity (Wildman–Crippen MR) is 84.6 cm³/mol. The molecule has 0 radical (unpaired) electrons. The molecule has 20 heavy (non-hydrogen) atoms. The Balaban J connectivity index is 1.76. The number of nitrogens with one attached hydrogen (secondary N) is 1. The number of nitrogens with zero attached hydrogens (tertiary/aromatic N) is 1. The summed E-state index contributed by atoms with van der Waals surface area (Å²) in [5.74, 6) is 0.131. The minimum atomic E-state index is -0.0975.